The van der Waals surface area contributed by atoms with Crippen LogP contribution in [0.1, 0.15) is 18.5 Å². The fourth-order valence-electron chi connectivity index (χ4n) is 1.43. The van der Waals surface area contributed by atoms with Crippen LogP contribution in [0.25, 0.3) is 0 Å². The smallest absolute Gasteiger partial charge is 0.138 e. The lowest BCUT2D eigenvalue weighted by Gasteiger charge is -2.09. The molecule has 0 aliphatic heterocycles. The monoisotopic (exact) mass is 206 g/mol. The molecule has 0 N–H and O–H groups in total. The highest BCUT2D eigenvalue weighted by Gasteiger charge is 2.06. The van der Waals surface area contributed by atoms with Crippen molar-refractivity contribution in [2.45, 2.75) is 19.4 Å². The summed E-state index contributed by atoms with van der Waals surface area (Å²) in [6, 6.07) is 6.64. The van der Waals surface area contributed by atoms with Crippen LogP contribution in [0.3, 0.4) is 0 Å². The fraction of sp³-hybridized carbons (Fsp3) is 0.300. The summed E-state index contributed by atoms with van der Waals surface area (Å²) in [5, 5.41) is 11.0. The molecule has 0 fully saturated rings. The molecule has 0 saturated carbocycles. The Kier molecular flexibility index (Phi) is 2.71. The molecule has 0 bridgehead atoms. The molecule has 1 heterocycles. The highest BCUT2D eigenvalue weighted by Crippen LogP contribution is 2.12. The van der Waals surface area contributed by atoms with E-state index in [4.69, 9.17) is 0 Å². The lowest BCUT2D eigenvalue weighted by molar-refractivity contribution is 0.474. The van der Waals surface area contributed by atoms with Gasteiger partial charge in [0, 0.05) is 0 Å². The molecule has 78 valence electrons. The van der Waals surface area contributed by atoms with Gasteiger partial charge in [0.25, 0.3) is 0 Å². The van der Waals surface area contributed by atoms with E-state index in [2.05, 4.69) is 15.5 Å². The first-order valence-corrected chi connectivity index (χ1v) is 4.72. The van der Waals surface area contributed by atoms with Gasteiger partial charge >= 0.3 is 0 Å². The van der Waals surface area contributed by atoms with Gasteiger partial charge in [-0.3, -0.25) is 0 Å². The third kappa shape index (κ3) is 2.37. The molecule has 2 aromatic rings. The Balaban J connectivity index is 2.06. The van der Waals surface area contributed by atoms with E-state index < -0.39 is 0 Å². The van der Waals surface area contributed by atoms with Crippen molar-refractivity contribution in [3.63, 3.8) is 0 Å². The number of nitrogens with zero attached hydrogens (tertiary/aromatic N) is 4. The Hall–Kier alpha value is -1.78. The van der Waals surface area contributed by atoms with E-state index in [-0.39, 0.29) is 11.9 Å². The third-order valence-electron chi connectivity index (χ3n) is 2.26. The Labute approximate surface area is 86.7 Å². The summed E-state index contributed by atoms with van der Waals surface area (Å²) in [5.74, 6) is -0.214. The number of halogens is 1. The molecular weight excluding hydrogens is 195 g/mol. The van der Waals surface area contributed by atoms with Gasteiger partial charge in [0.2, 0.25) is 0 Å². The predicted octanol–water partition coefficient (Wildman–Crippen LogP) is 1.62. The Morgan fingerprint density at radius 3 is 2.67 bits per heavy atom. The highest BCUT2D eigenvalue weighted by atomic mass is 19.1. The number of hydrogen-bond donors (Lipinski definition) is 0. The van der Waals surface area contributed by atoms with E-state index in [1.165, 1.54) is 12.1 Å². The first kappa shape index (κ1) is 9.76. The van der Waals surface area contributed by atoms with Crippen molar-refractivity contribution in [3.8, 4) is 0 Å². The summed E-state index contributed by atoms with van der Waals surface area (Å²) >= 11 is 0. The van der Waals surface area contributed by atoms with Crippen molar-refractivity contribution in [1.82, 2.24) is 20.2 Å². The van der Waals surface area contributed by atoms with E-state index in [9.17, 15) is 4.39 Å². The van der Waals surface area contributed by atoms with Gasteiger partial charge in [0.05, 0.1) is 6.04 Å². The van der Waals surface area contributed by atoms with Crippen LogP contribution < -0.4 is 0 Å². The molecular formula is C10H11FN4. The molecule has 0 aliphatic rings. The van der Waals surface area contributed by atoms with Gasteiger partial charge < -0.3 is 0 Å². The summed E-state index contributed by atoms with van der Waals surface area (Å²) in [6.45, 7) is 2.01. The number of rotatable bonds is 3. The maximum atomic E-state index is 12.7. The zero-order chi connectivity index (χ0) is 10.7. The molecule has 5 heteroatoms. The van der Waals surface area contributed by atoms with Crippen LogP contribution in [0.5, 0.6) is 0 Å². The van der Waals surface area contributed by atoms with Crippen molar-refractivity contribution in [3.05, 3.63) is 42.0 Å². The topological polar surface area (TPSA) is 43.6 Å². The van der Waals surface area contributed by atoms with E-state index in [1.54, 1.807) is 23.1 Å². The molecule has 0 amide bonds. The quantitative estimate of drug-likeness (QED) is 0.766. The second-order valence-corrected chi connectivity index (χ2v) is 3.47. The third-order valence-corrected chi connectivity index (χ3v) is 2.26. The van der Waals surface area contributed by atoms with Crippen molar-refractivity contribution < 1.29 is 4.39 Å². The normalized spacial score (nSPS) is 12.7. The van der Waals surface area contributed by atoms with E-state index in [0.717, 1.165) is 12.0 Å². The molecule has 0 aliphatic carbocycles. The van der Waals surface area contributed by atoms with Crippen molar-refractivity contribution in [1.29, 1.82) is 0 Å². The molecule has 0 spiro atoms. The van der Waals surface area contributed by atoms with E-state index in [1.807, 2.05) is 6.92 Å². The molecule has 1 atom stereocenters. The van der Waals surface area contributed by atoms with Crippen LogP contribution in [-0.4, -0.2) is 20.2 Å². The lowest BCUT2D eigenvalue weighted by atomic mass is 10.1. The van der Waals surface area contributed by atoms with Crippen LogP contribution in [0.4, 0.5) is 4.39 Å². The van der Waals surface area contributed by atoms with Gasteiger partial charge in [0.1, 0.15) is 12.1 Å². The van der Waals surface area contributed by atoms with Crippen LogP contribution in [-0.2, 0) is 6.42 Å². The minimum Gasteiger partial charge on any atom is -0.229 e. The van der Waals surface area contributed by atoms with E-state index in [0.29, 0.717) is 0 Å². The number of tetrazole rings is 1. The molecule has 1 aromatic heterocycles. The lowest BCUT2D eigenvalue weighted by Crippen LogP contribution is -2.09. The summed E-state index contributed by atoms with van der Waals surface area (Å²) < 4.78 is 14.3. The SMILES string of the molecule is CC(Cc1ccc(F)cc1)n1cnnn1. The summed E-state index contributed by atoms with van der Waals surface area (Å²) in [5.41, 5.74) is 1.07. The maximum absolute atomic E-state index is 12.7. The summed E-state index contributed by atoms with van der Waals surface area (Å²) in [4.78, 5) is 0. The van der Waals surface area contributed by atoms with E-state index >= 15 is 0 Å². The van der Waals surface area contributed by atoms with Gasteiger partial charge in [-0.25, -0.2) is 9.07 Å². The Morgan fingerprint density at radius 1 is 1.33 bits per heavy atom. The second-order valence-electron chi connectivity index (χ2n) is 3.47. The average molecular weight is 206 g/mol. The number of hydrogen-bond acceptors (Lipinski definition) is 3. The average Bonchev–Trinajstić information content (AvgIpc) is 2.74. The van der Waals surface area contributed by atoms with Gasteiger partial charge in [-0.2, -0.15) is 0 Å². The van der Waals surface area contributed by atoms with Gasteiger partial charge in [-0.1, -0.05) is 12.1 Å². The highest BCUT2D eigenvalue weighted by molar-refractivity contribution is 5.16. The Bertz CT molecular complexity index is 409. The Morgan fingerprint density at radius 2 is 2.07 bits per heavy atom. The predicted molar refractivity (Wildman–Crippen MR) is 52.6 cm³/mol. The van der Waals surface area contributed by atoms with Crippen LogP contribution in [0.2, 0.25) is 0 Å². The fourth-order valence-corrected chi connectivity index (χ4v) is 1.43. The van der Waals surface area contributed by atoms with Crippen molar-refractivity contribution in [2.75, 3.05) is 0 Å². The van der Waals surface area contributed by atoms with Crippen LogP contribution in [0.15, 0.2) is 30.6 Å². The maximum Gasteiger partial charge on any atom is 0.138 e. The van der Waals surface area contributed by atoms with Crippen LogP contribution in [0, 0.1) is 5.82 Å². The summed E-state index contributed by atoms with van der Waals surface area (Å²) in [7, 11) is 0. The van der Waals surface area contributed by atoms with Crippen molar-refractivity contribution in [2.24, 2.45) is 0 Å². The molecule has 1 aromatic carbocycles. The molecule has 1 unspecified atom stereocenters. The molecule has 2 rings (SSSR count). The van der Waals surface area contributed by atoms with Crippen LogP contribution >= 0.6 is 0 Å². The largest absolute Gasteiger partial charge is 0.229 e. The molecule has 0 radical (unpaired) electrons. The van der Waals surface area contributed by atoms with Crippen molar-refractivity contribution >= 4 is 0 Å². The zero-order valence-corrected chi connectivity index (χ0v) is 8.34. The molecule has 15 heavy (non-hydrogen) atoms. The second kappa shape index (κ2) is 4.16. The number of aromatic nitrogens is 4. The summed E-state index contributed by atoms with van der Waals surface area (Å²) in [6.07, 6.45) is 2.36. The van der Waals surface area contributed by atoms with Gasteiger partial charge in [0.15, 0.2) is 0 Å². The first-order chi connectivity index (χ1) is 7.25. The minimum atomic E-state index is -0.214. The standard InChI is InChI=1S/C10H11FN4/c1-8(15-7-12-13-14-15)6-9-2-4-10(11)5-3-9/h2-5,7-8H,6H2,1H3. The zero-order valence-electron chi connectivity index (χ0n) is 8.34. The van der Waals surface area contributed by atoms with Gasteiger partial charge in [-0.15, -0.1) is 5.10 Å². The molecule has 0 saturated heterocycles. The molecule has 4 nitrogen and oxygen atoms in total. The number of benzene rings is 1. The van der Waals surface area contributed by atoms with Gasteiger partial charge in [-0.05, 0) is 41.5 Å². The first-order valence-electron chi connectivity index (χ1n) is 4.72. The minimum absolute atomic E-state index is 0.172.